The van der Waals surface area contributed by atoms with Gasteiger partial charge in [0.05, 0.1) is 12.0 Å². The van der Waals surface area contributed by atoms with Crippen molar-refractivity contribution in [3.05, 3.63) is 40.8 Å². The fourth-order valence-corrected chi connectivity index (χ4v) is 3.33. The predicted octanol–water partition coefficient (Wildman–Crippen LogP) is 2.12. The van der Waals surface area contributed by atoms with Gasteiger partial charge in [0.1, 0.15) is 10.6 Å². The summed E-state index contributed by atoms with van der Waals surface area (Å²) in [6, 6.07) is 3.59. The molecule has 1 fully saturated rings. The van der Waals surface area contributed by atoms with Gasteiger partial charge in [-0.05, 0) is 55.4 Å². The number of furan rings is 1. The van der Waals surface area contributed by atoms with E-state index in [9.17, 15) is 9.59 Å². The van der Waals surface area contributed by atoms with Crippen molar-refractivity contribution in [3.63, 3.8) is 0 Å². The number of aromatic nitrogens is 2. The summed E-state index contributed by atoms with van der Waals surface area (Å²) in [5.41, 5.74) is 0.659. The van der Waals surface area contributed by atoms with E-state index < -0.39 is 0 Å². The second-order valence-electron chi connectivity index (χ2n) is 6.01. The topological polar surface area (TPSA) is 88.3 Å². The number of hydrogen-bond acceptors (Lipinski definition) is 6. The zero-order chi connectivity index (χ0) is 17.6. The van der Waals surface area contributed by atoms with Crippen molar-refractivity contribution in [1.29, 1.82) is 0 Å². The Morgan fingerprint density at radius 3 is 2.88 bits per heavy atom. The van der Waals surface area contributed by atoms with Gasteiger partial charge in [0, 0.05) is 25.7 Å². The maximum atomic E-state index is 12.2. The first-order valence-electron chi connectivity index (χ1n) is 8.21. The predicted molar refractivity (Wildman–Crippen MR) is 94.0 cm³/mol. The van der Waals surface area contributed by atoms with Gasteiger partial charge < -0.3 is 14.6 Å². The number of aryl methyl sites for hydroxylation is 1. The molecule has 0 aliphatic carbocycles. The normalized spacial score (nSPS) is 15.6. The molecule has 3 heterocycles. The molecule has 0 aromatic carbocycles. The highest BCUT2D eigenvalue weighted by Gasteiger charge is 2.22. The quantitative estimate of drug-likeness (QED) is 0.825. The molecule has 0 spiro atoms. The molecule has 1 aliphatic rings. The number of carbonyl (C=O) groups excluding carboxylic acids is 2. The number of nitrogens with zero attached hydrogens (tertiary/aromatic N) is 3. The van der Waals surface area contributed by atoms with E-state index in [1.54, 1.807) is 37.5 Å². The van der Waals surface area contributed by atoms with Gasteiger partial charge in [0.2, 0.25) is 5.91 Å². The Bertz CT molecular complexity index is 746. The van der Waals surface area contributed by atoms with Crippen LogP contribution in [0.3, 0.4) is 0 Å². The van der Waals surface area contributed by atoms with E-state index in [1.807, 2.05) is 4.90 Å². The monoisotopic (exact) mass is 360 g/mol. The third-order valence-electron chi connectivity index (χ3n) is 4.27. The van der Waals surface area contributed by atoms with E-state index in [0.717, 1.165) is 24.4 Å². The van der Waals surface area contributed by atoms with Gasteiger partial charge in [0.25, 0.3) is 5.91 Å². The van der Waals surface area contributed by atoms with E-state index in [2.05, 4.69) is 14.9 Å². The molecular formula is C17H20N4O3S. The maximum Gasteiger partial charge on any atom is 0.264 e. The molecule has 2 aromatic heterocycles. The lowest BCUT2D eigenvalue weighted by Crippen LogP contribution is -2.40. The largest absolute Gasteiger partial charge is 0.465 e. The molecule has 3 rings (SSSR count). The molecule has 1 aliphatic heterocycles. The summed E-state index contributed by atoms with van der Waals surface area (Å²) in [5, 5.41) is 6.79. The first kappa shape index (κ1) is 17.3. The van der Waals surface area contributed by atoms with Crippen LogP contribution < -0.4 is 5.32 Å². The van der Waals surface area contributed by atoms with Gasteiger partial charge in [-0.2, -0.15) is 0 Å². The Balaban J connectivity index is 1.42. The van der Waals surface area contributed by atoms with Crippen LogP contribution in [-0.4, -0.2) is 45.9 Å². The number of nitrogens with one attached hydrogen (secondary N) is 1. The van der Waals surface area contributed by atoms with E-state index in [4.69, 9.17) is 4.42 Å². The molecule has 8 heteroatoms. The summed E-state index contributed by atoms with van der Waals surface area (Å²) >= 11 is 1.11. The Morgan fingerprint density at radius 1 is 1.44 bits per heavy atom. The average molecular weight is 360 g/mol. The van der Waals surface area contributed by atoms with Gasteiger partial charge in [-0.15, -0.1) is 5.10 Å². The van der Waals surface area contributed by atoms with Crippen LogP contribution in [-0.2, 0) is 4.79 Å². The van der Waals surface area contributed by atoms with Crippen LogP contribution in [0, 0.1) is 12.8 Å². The number of hydrogen-bond donors (Lipinski definition) is 1. The smallest absolute Gasteiger partial charge is 0.264 e. The van der Waals surface area contributed by atoms with Crippen molar-refractivity contribution < 1.29 is 14.0 Å². The van der Waals surface area contributed by atoms with Crippen LogP contribution in [0.25, 0.3) is 6.08 Å². The lowest BCUT2D eigenvalue weighted by molar-refractivity contribution is -0.127. The number of rotatable bonds is 5. The fourth-order valence-electron chi connectivity index (χ4n) is 2.76. The molecule has 0 bridgehead atoms. The van der Waals surface area contributed by atoms with Crippen LogP contribution in [0.4, 0.5) is 0 Å². The lowest BCUT2D eigenvalue weighted by atomic mass is 9.96. The first-order chi connectivity index (χ1) is 12.1. The SMILES string of the molecule is Cc1nnsc1C(=O)NCC1CCN(C(=O)/C=C/c2ccco2)CC1. The van der Waals surface area contributed by atoms with Crippen molar-refractivity contribution in [2.45, 2.75) is 19.8 Å². The van der Waals surface area contributed by atoms with Crippen molar-refractivity contribution in [2.75, 3.05) is 19.6 Å². The molecule has 0 saturated carbocycles. The van der Waals surface area contributed by atoms with Crippen LogP contribution in [0.1, 0.15) is 34.0 Å². The minimum Gasteiger partial charge on any atom is -0.465 e. The fraction of sp³-hybridized carbons (Fsp3) is 0.412. The summed E-state index contributed by atoms with van der Waals surface area (Å²) < 4.78 is 8.95. The second-order valence-corrected chi connectivity index (χ2v) is 6.77. The van der Waals surface area contributed by atoms with Crippen molar-refractivity contribution in [2.24, 2.45) is 5.92 Å². The second kappa shape index (κ2) is 8.06. The summed E-state index contributed by atoms with van der Waals surface area (Å²) in [6.45, 7) is 3.78. The first-order valence-corrected chi connectivity index (χ1v) is 8.98. The molecule has 0 atom stereocenters. The van der Waals surface area contributed by atoms with Gasteiger partial charge >= 0.3 is 0 Å². The van der Waals surface area contributed by atoms with Crippen molar-refractivity contribution in [3.8, 4) is 0 Å². The molecular weight excluding hydrogens is 340 g/mol. The highest BCUT2D eigenvalue weighted by atomic mass is 32.1. The molecule has 7 nitrogen and oxygen atoms in total. The van der Waals surface area contributed by atoms with Crippen LogP contribution in [0.15, 0.2) is 28.9 Å². The van der Waals surface area contributed by atoms with Gasteiger partial charge in [-0.25, -0.2) is 0 Å². The maximum absolute atomic E-state index is 12.2. The minimum absolute atomic E-state index is 0.00903. The Morgan fingerprint density at radius 2 is 2.24 bits per heavy atom. The van der Waals surface area contributed by atoms with Crippen LogP contribution in [0.5, 0.6) is 0 Å². The molecule has 2 aromatic rings. The molecule has 1 saturated heterocycles. The van der Waals surface area contributed by atoms with E-state index in [0.29, 0.717) is 41.9 Å². The summed E-state index contributed by atoms with van der Waals surface area (Å²) in [5.74, 6) is 0.916. The lowest BCUT2D eigenvalue weighted by Gasteiger charge is -2.31. The van der Waals surface area contributed by atoms with E-state index in [1.165, 1.54) is 0 Å². The molecule has 0 unspecified atom stereocenters. The molecule has 0 radical (unpaired) electrons. The third-order valence-corrected chi connectivity index (χ3v) is 5.10. The van der Waals surface area contributed by atoms with E-state index in [-0.39, 0.29) is 11.8 Å². The highest BCUT2D eigenvalue weighted by molar-refractivity contribution is 7.07. The van der Waals surface area contributed by atoms with Gasteiger partial charge in [-0.3, -0.25) is 9.59 Å². The average Bonchev–Trinajstić information content (AvgIpc) is 3.29. The van der Waals surface area contributed by atoms with Gasteiger partial charge in [0.15, 0.2) is 0 Å². The van der Waals surface area contributed by atoms with Crippen molar-refractivity contribution >= 4 is 29.4 Å². The number of piperidine rings is 1. The summed E-state index contributed by atoms with van der Waals surface area (Å²) in [4.78, 5) is 26.6. The zero-order valence-electron chi connectivity index (χ0n) is 14.0. The van der Waals surface area contributed by atoms with Crippen LogP contribution >= 0.6 is 11.5 Å². The summed E-state index contributed by atoms with van der Waals surface area (Å²) in [6.07, 6.45) is 6.55. The molecule has 132 valence electrons. The molecule has 25 heavy (non-hydrogen) atoms. The zero-order valence-corrected chi connectivity index (χ0v) is 14.8. The van der Waals surface area contributed by atoms with Gasteiger partial charge in [-0.1, -0.05) is 4.49 Å². The Kier molecular flexibility index (Phi) is 5.60. The van der Waals surface area contributed by atoms with Crippen LogP contribution in [0.2, 0.25) is 0 Å². The molecule has 1 N–H and O–H groups in total. The number of amides is 2. The standard InChI is InChI=1S/C17H20N4O3S/c1-12-16(25-20-19-12)17(23)18-11-13-6-8-21(9-7-13)15(22)5-4-14-3-2-10-24-14/h2-5,10,13H,6-9,11H2,1H3,(H,18,23)/b5-4+. The highest BCUT2D eigenvalue weighted by Crippen LogP contribution is 2.17. The number of likely N-dealkylation sites (tertiary alicyclic amines) is 1. The Hall–Kier alpha value is -2.48. The van der Waals surface area contributed by atoms with E-state index >= 15 is 0 Å². The molecule has 2 amide bonds. The minimum atomic E-state index is -0.118. The van der Waals surface area contributed by atoms with Crippen molar-refractivity contribution in [1.82, 2.24) is 19.8 Å². The Labute approximate surface area is 149 Å². The summed E-state index contributed by atoms with van der Waals surface area (Å²) in [7, 11) is 0. The number of carbonyl (C=O) groups is 2. The third kappa shape index (κ3) is 4.54.